The van der Waals surface area contributed by atoms with E-state index in [1.165, 1.54) is 5.69 Å². The van der Waals surface area contributed by atoms with Gasteiger partial charge in [-0.25, -0.2) is 0 Å². The second-order valence-electron chi connectivity index (χ2n) is 6.52. The molecule has 1 aliphatic rings. The molecule has 1 fully saturated rings. The van der Waals surface area contributed by atoms with Crippen LogP contribution in [0.25, 0.3) is 0 Å². The Hall–Kier alpha value is -2.26. The Kier molecular flexibility index (Phi) is 5.44. The van der Waals surface area contributed by atoms with E-state index in [4.69, 9.17) is 11.6 Å². The number of benzene rings is 2. The third-order valence-corrected chi connectivity index (χ3v) is 4.84. The van der Waals surface area contributed by atoms with Gasteiger partial charge in [0.05, 0.1) is 0 Å². The number of carbonyl (C=O) groups excluding carboxylic acids is 1. The summed E-state index contributed by atoms with van der Waals surface area (Å²) in [5, 5.41) is 0.757. The maximum atomic E-state index is 12.5. The first-order chi connectivity index (χ1) is 12.0. The van der Waals surface area contributed by atoms with Crippen molar-refractivity contribution in [2.45, 2.75) is 19.9 Å². The summed E-state index contributed by atoms with van der Waals surface area (Å²) in [4.78, 5) is 17.1. The van der Waals surface area contributed by atoms with Gasteiger partial charge in [-0.15, -0.1) is 0 Å². The summed E-state index contributed by atoms with van der Waals surface area (Å²) < 4.78 is 0. The molecule has 0 aliphatic carbocycles. The molecule has 4 heteroatoms. The summed E-state index contributed by atoms with van der Waals surface area (Å²) in [7, 11) is 0. The summed E-state index contributed by atoms with van der Waals surface area (Å²) in [5.74, 6) is 0.0911. The topological polar surface area (TPSA) is 23.6 Å². The largest absolute Gasteiger partial charge is 0.373 e. The summed E-state index contributed by atoms with van der Waals surface area (Å²) in [5.41, 5.74) is 2.71. The fraction of sp³-hybridized carbons (Fsp3) is 0.286. The van der Waals surface area contributed by atoms with Crippen LogP contribution in [0.5, 0.6) is 0 Å². The molecule has 0 unspecified atom stereocenters. The van der Waals surface area contributed by atoms with Crippen molar-refractivity contribution in [3.05, 3.63) is 77.0 Å². The van der Waals surface area contributed by atoms with Crippen molar-refractivity contribution in [2.75, 3.05) is 24.5 Å². The van der Waals surface area contributed by atoms with Gasteiger partial charge in [0, 0.05) is 53.7 Å². The third-order valence-electron chi connectivity index (χ3n) is 4.59. The van der Waals surface area contributed by atoms with E-state index in [1.54, 1.807) is 0 Å². The molecule has 0 N–H and O–H groups in total. The number of rotatable bonds is 4. The molecule has 130 valence electrons. The van der Waals surface area contributed by atoms with Crippen molar-refractivity contribution in [1.82, 2.24) is 4.90 Å². The number of allylic oxidation sites excluding steroid dienone is 1. The number of nitrogens with zero attached hydrogens (tertiary/aromatic N) is 2. The van der Waals surface area contributed by atoms with Gasteiger partial charge in [-0.3, -0.25) is 4.79 Å². The normalized spacial score (nSPS) is 18.4. The molecular formula is C21H23ClN2O. The Labute approximate surface area is 154 Å². The molecular weight excluding hydrogens is 332 g/mol. The molecule has 2 aromatic rings. The van der Waals surface area contributed by atoms with Crippen molar-refractivity contribution in [2.24, 2.45) is 0 Å². The van der Waals surface area contributed by atoms with E-state index < -0.39 is 0 Å². The number of halogens is 1. The van der Waals surface area contributed by atoms with Crippen LogP contribution < -0.4 is 4.90 Å². The van der Waals surface area contributed by atoms with E-state index in [9.17, 15) is 4.79 Å². The first-order valence-electron chi connectivity index (χ1n) is 8.59. The molecule has 2 aromatic carbocycles. The Balaban J connectivity index is 1.66. The fourth-order valence-corrected chi connectivity index (χ4v) is 3.39. The van der Waals surface area contributed by atoms with Gasteiger partial charge in [-0.1, -0.05) is 41.9 Å². The summed E-state index contributed by atoms with van der Waals surface area (Å²) in [6.07, 6.45) is 2.00. The van der Waals surface area contributed by atoms with Gasteiger partial charge in [0.1, 0.15) is 0 Å². The highest BCUT2D eigenvalue weighted by Gasteiger charge is 2.23. The second-order valence-corrected chi connectivity index (χ2v) is 6.96. The lowest BCUT2D eigenvalue weighted by Crippen LogP contribution is -2.50. The van der Waals surface area contributed by atoms with E-state index >= 15 is 0 Å². The lowest BCUT2D eigenvalue weighted by Gasteiger charge is -2.41. The SMILES string of the molecule is C/C(=C/N1CCN(c2ccc(Cl)cc2)[C@@H](C)C1)C(=O)c1ccccc1. The zero-order valence-electron chi connectivity index (χ0n) is 14.7. The smallest absolute Gasteiger partial charge is 0.190 e. The van der Waals surface area contributed by atoms with Crippen molar-refractivity contribution in [3.8, 4) is 0 Å². The first kappa shape index (κ1) is 17.6. The van der Waals surface area contributed by atoms with Gasteiger partial charge in [0.2, 0.25) is 0 Å². The van der Waals surface area contributed by atoms with Crippen molar-refractivity contribution >= 4 is 23.1 Å². The lowest BCUT2D eigenvalue weighted by molar-refractivity contribution is 0.103. The van der Waals surface area contributed by atoms with Crippen molar-refractivity contribution in [1.29, 1.82) is 0 Å². The highest BCUT2D eigenvalue weighted by atomic mass is 35.5. The molecule has 1 aliphatic heterocycles. The van der Waals surface area contributed by atoms with Crippen LogP contribution in [0.15, 0.2) is 66.4 Å². The molecule has 1 saturated heterocycles. The molecule has 1 heterocycles. The average Bonchev–Trinajstić information content (AvgIpc) is 2.63. The van der Waals surface area contributed by atoms with Gasteiger partial charge < -0.3 is 9.80 Å². The number of carbonyl (C=O) groups is 1. The van der Waals surface area contributed by atoms with E-state index in [2.05, 4.69) is 28.9 Å². The summed E-state index contributed by atoms with van der Waals surface area (Å²) in [6, 6.07) is 17.8. The molecule has 3 nitrogen and oxygen atoms in total. The van der Waals surface area contributed by atoms with Gasteiger partial charge in [0.25, 0.3) is 0 Å². The summed E-state index contributed by atoms with van der Waals surface area (Å²) >= 11 is 5.98. The van der Waals surface area contributed by atoms with Crippen LogP contribution in [-0.4, -0.2) is 36.4 Å². The minimum atomic E-state index is 0.0911. The number of hydrogen-bond acceptors (Lipinski definition) is 3. The van der Waals surface area contributed by atoms with Gasteiger partial charge in [-0.05, 0) is 38.1 Å². The van der Waals surface area contributed by atoms with E-state index in [-0.39, 0.29) is 5.78 Å². The van der Waals surface area contributed by atoms with Gasteiger partial charge in [0.15, 0.2) is 5.78 Å². The third kappa shape index (κ3) is 4.23. The maximum absolute atomic E-state index is 12.5. The van der Waals surface area contributed by atoms with E-state index in [0.29, 0.717) is 6.04 Å². The highest BCUT2D eigenvalue weighted by Crippen LogP contribution is 2.23. The van der Waals surface area contributed by atoms with Crippen molar-refractivity contribution < 1.29 is 4.79 Å². The van der Waals surface area contributed by atoms with Crippen LogP contribution >= 0.6 is 11.6 Å². The highest BCUT2D eigenvalue weighted by molar-refractivity contribution is 6.30. The molecule has 25 heavy (non-hydrogen) atoms. The molecule has 0 bridgehead atoms. The molecule has 0 aromatic heterocycles. The number of piperazine rings is 1. The fourth-order valence-electron chi connectivity index (χ4n) is 3.27. The summed E-state index contributed by atoms with van der Waals surface area (Å²) in [6.45, 7) is 6.81. The maximum Gasteiger partial charge on any atom is 0.190 e. The molecule has 1 atom stereocenters. The minimum Gasteiger partial charge on any atom is -0.373 e. The molecule has 0 spiro atoms. The Morgan fingerprint density at radius 1 is 1.08 bits per heavy atom. The quantitative estimate of drug-likeness (QED) is 0.590. The standard InChI is InChI=1S/C21H23ClN2O/c1-16(21(25)18-6-4-3-5-7-18)14-23-12-13-24(17(2)15-23)20-10-8-19(22)9-11-20/h3-11,14,17H,12-13,15H2,1-2H3/b16-14-/t17-/m0/s1. The lowest BCUT2D eigenvalue weighted by atomic mass is 10.1. The molecule has 3 rings (SSSR count). The number of ketones is 1. The van der Waals surface area contributed by atoms with Gasteiger partial charge >= 0.3 is 0 Å². The van der Waals surface area contributed by atoms with Crippen LogP contribution in [-0.2, 0) is 0 Å². The second kappa shape index (κ2) is 7.75. The van der Waals surface area contributed by atoms with Crippen LogP contribution in [0, 0.1) is 0 Å². The van der Waals surface area contributed by atoms with Crippen LogP contribution in [0.3, 0.4) is 0 Å². The number of anilines is 1. The Bertz CT molecular complexity index is 755. The first-order valence-corrected chi connectivity index (χ1v) is 8.97. The van der Waals surface area contributed by atoms with Gasteiger partial charge in [-0.2, -0.15) is 0 Å². The minimum absolute atomic E-state index is 0.0911. The van der Waals surface area contributed by atoms with Crippen LogP contribution in [0.1, 0.15) is 24.2 Å². The zero-order chi connectivity index (χ0) is 17.8. The molecule has 0 radical (unpaired) electrons. The molecule has 0 amide bonds. The predicted molar refractivity (Wildman–Crippen MR) is 104 cm³/mol. The average molecular weight is 355 g/mol. The zero-order valence-corrected chi connectivity index (χ0v) is 15.4. The molecule has 0 saturated carbocycles. The number of hydrogen-bond donors (Lipinski definition) is 0. The monoisotopic (exact) mass is 354 g/mol. The Morgan fingerprint density at radius 2 is 1.76 bits per heavy atom. The van der Waals surface area contributed by atoms with Crippen LogP contribution in [0.2, 0.25) is 5.02 Å². The van der Waals surface area contributed by atoms with E-state index in [1.807, 2.05) is 55.6 Å². The number of Topliss-reactive ketones (excluding diaryl/α,β-unsaturated/α-hetero) is 1. The van der Waals surface area contributed by atoms with E-state index in [0.717, 1.165) is 35.8 Å². The van der Waals surface area contributed by atoms with Crippen molar-refractivity contribution in [3.63, 3.8) is 0 Å². The van der Waals surface area contributed by atoms with Crippen LogP contribution in [0.4, 0.5) is 5.69 Å². The predicted octanol–water partition coefficient (Wildman–Crippen LogP) is 4.64. The Morgan fingerprint density at radius 3 is 2.40 bits per heavy atom.